The van der Waals surface area contributed by atoms with Gasteiger partial charge in [-0.2, -0.15) is 0 Å². The van der Waals surface area contributed by atoms with Gasteiger partial charge in [0.1, 0.15) is 6.04 Å². The Bertz CT molecular complexity index is 283. The van der Waals surface area contributed by atoms with Gasteiger partial charge in [0.15, 0.2) is 0 Å². The molecule has 0 bridgehead atoms. The minimum atomic E-state index is -0.0312. The van der Waals surface area contributed by atoms with Crippen molar-refractivity contribution in [2.75, 3.05) is 19.7 Å². The van der Waals surface area contributed by atoms with E-state index in [2.05, 4.69) is 4.90 Å². The molecule has 0 radical (unpaired) electrons. The maximum atomic E-state index is 12.0. The first-order chi connectivity index (χ1) is 8.77. The van der Waals surface area contributed by atoms with Crippen molar-refractivity contribution in [2.45, 2.75) is 57.5 Å². The van der Waals surface area contributed by atoms with E-state index in [1.54, 1.807) is 0 Å². The van der Waals surface area contributed by atoms with Crippen LogP contribution in [0.3, 0.4) is 0 Å². The van der Waals surface area contributed by atoms with Gasteiger partial charge >= 0.3 is 5.97 Å². The van der Waals surface area contributed by atoms with Crippen molar-refractivity contribution >= 4 is 5.97 Å². The molecule has 1 aliphatic heterocycles. The third-order valence-corrected chi connectivity index (χ3v) is 4.45. The Balaban J connectivity index is 2.02. The van der Waals surface area contributed by atoms with Crippen LogP contribution in [0.1, 0.15) is 45.4 Å². The van der Waals surface area contributed by atoms with Gasteiger partial charge in [-0.05, 0) is 51.6 Å². The fourth-order valence-electron chi connectivity index (χ4n) is 3.58. The molecule has 18 heavy (non-hydrogen) atoms. The summed E-state index contributed by atoms with van der Waals surface area (Å²) in [5, 5.41) is 0. The number of esters is 1. The first kappa shape index (κ1) is 13.8. The van der Waals surface area contributed by atoms with Crippen LogP contribution in [0.25, 0.3) is 0 Å². The lowest BCUT2D eigenvalue weighted by molar-refractivity contribution is -0.149. The number of carbonyl (C=O) groups is 1. The van der Waals surface area contributed by atoms with E-state index in [9.17, 15) is 4.79 Å². The Morgan fingerprint density at radius 2 is 2.06 bits per heavy atom. The number of carbonyl (C=O) groups excluding carboxylic acids is 1. The maximum Gasteiger partial charge on any atom is 0.323 e. The number of hydrogen-bond acceptors (Lipinski definition) is 4. The molecule has 104 valence electrons. The number of nitrogens with zero attached hydrogens (tertiary/aromatic N) is 1. The molecule has 1 saturated carbocycles. The van der Waals surface area contributed by atoms with Gasteiger partial charge in [-0.25, -0.2) is 0 Å². The molecule has 0 amide bonds. The molecular weight excluding hydrogens is 228 g/mol. The van der Waals surface area contributed by atoms with Gasteiger partial charge in [0.25, 0.3) is 0 Å². The minimum absolute atomic E-state index is 0.0119. The summed E-state index contributed by atoms with van der Waals surface area (Å²) >= 11 is 0. The zero-order valence-electron chi connectivity index (χ0n) is 11.4. The molecule has 4 nitrogen and oxygen atoms in total. The van der Waals surface area contributed by atoms with Gasteiger partial charge in [-0.3, -0.25) is 9.69 Å². The van der Waals surface area contributed by atoms with Crippen LogP contribution in [0.4, 0.5) is 0 Å². The summed E-state index contributed by atoms with van der Waals surface area (Å²) in [4.78, 5) is 14.4. The third-order valence-electron chi connectivity index (χ3n) is 4.45. The van der Waals surface area contributed by atoms with Crippen LogP contribution in [0.2, 0.25) is 0 Å². The molecule has 1 heterocycles. The van der Waals surface area contributed by atoms with E-state index in [0.717, 1.165) is 25.9 Å². The van der Waals surface area contributed by atoms with Gasteiger partial charge in [0.2, 0.25) is 0 Å². The first-order valence-electron chi connectivity index (χ1n) is 7.40. The Kier molecular flexibility index (Phi) is 5.01. The lowest BCUT2D eigenvalue weighted by atomic mass is 9.83. The minimum Gasteiger partial charge on any atom is -0.465 e. The number of rotatable bonds is 4. The number of likely N-dealkylation sites (tertiary alicyclic amines) is 1. The van der Waals surface area contributed by atoms with Crippen LogP contribution in [0.5, 0.6) is 0 Å². The standard InChI is InChI=1S/C14H26N2O2/c1-2-18-14(17)13-8-5-9-16(13)12-7-4-3-6-11(12)10-15/h11-13H,2-10,15H2,1H3. The van der Waals surface area contributed by atoms with E-state index in [-0.39, 0.29) is 12.0 Å². The Hall–Kier alpha value is -0.610. The van der Waals surface area contributed by atoms with Gasteiger partial charge in [0.05, 0.1) is 6.61 Å². The highest BCUT2D eigenvalue weighted by atomic mass is 16.5. The van der Waals surface area contributed by atoms with Crippen LogP contribution >= 0.6 is 0 Å². The highest BCUT2D eigenvalue weighted by Gasteiger charge is 2.39. The monoisotopic (exact) mass is 254 g/mol. The van der Waals surface area contributed by atoms with Crippen molar-refractivity contribution in [3.63, 3.8) is 0 Å². The van der Waals surface area contributed by atoms with Gasteiger partial charge in [-0.1, -0.05) is 12.8 Å². The van der Waals surface area contributed by atoms with Crippen molar-refractivity contribution in [3.05, 3.63) is 0 Å². The third kappa shape index (κ3) is 2.86. The van der Waals surface area contributed by atoms with Crippen molar-refractivity contribution in [1.29, 1.82) is 0 Å². The average molecular weight is 254 g/mol. The lowest BCUT2D eigenvalue weighted by Gasteiger charge is -2.39. The Labute approximate surface area is 110 Å². The molecule has 2 N–H and O–H groups in total. The molecule has 0 aromatic rings. The van der Waals surface area contributed by atoms with Crippen molar-refractivity contribution < 1.29 is 9.53 Å². The van der Waals surface area contributed by atoms with Crippen molar-refractivity contribution in [2.24, 2.45) is 11.7 Å². The zero-order valence-corrected chi connectivity index (χ0v) is 11.4. The van der Waals surface area contributed by atoms with E-state index < -0.39 is 0 Å². The molecule has 3 atom stereocenters. The number of ether oxygens (including phenoxy) is 1. The SMILES string of the molecule is CCOC(=O)C1CCCN1C1CCCCC1CN. The lowest BCUT2D eigenvalue weighted by Crippen LogP contribution is -2.50. The van der Waals surface area contributed by atoms with E-state index in [0.29, 0.717) is 18.6 Å². The molecule has 3 unspecified atom stereocenters. The fraction of sp³-hybridized carbons (Fsp3) is 0.929. The molecule has 2 aliphatic rings. The molecule has 1 aliphatic carbocycles. The van der Waals surface area contributed by atoms with Crippen LogP contribution in [0, 0.1) is 5.92 Å². The van der Waals surface area contributed by atoms with Crippen molar-refractivity contribution in [1.82, 2.24) is 4.90 Å². The summed E-state index contributed by atoms with van der Waals surface area (Å²) in [5.74, 6) is 0.533. The second kappa shape index (κ2) is 6.53. The largest absolute Gasteiger partial charge is 0.465 e. The molecule has 0 aromatic heterocycles. The second-order valence-corrected chi connectivity index (χ2v) is 5.50. The Morgan fingerprint density at radius 3 is 2.78 bits per heavy atom. The van der Waals surface area contributed by atoms with E-state index in [4.69, 9.17) is 10.5 Å². The fourth-order valence-corrected chi connectivity index (χ4v) is 3.58. The van der Waals surface area contributed by atoms with Gasteiger partial charge in [0, 0.05) is 6.04 Å². The van der Waals surface area contributed by atoms with Crippen LogP contribution < -0.4 is 5.73 Å². The summed E-state index contributed by atoms with van der Waals surface area (Å²) in [7, 11) is 0. The second-order valence-electron chi connectivity index (χ2n) is 5.50. The summed E-state index contributed by atoms with van der Waals surface area (Å²) in [6.07, 6.45) is 7.03. The molecule has 2 fully saturated rings. The highest BCUT2D eigenvalue weighted by Crippen LogP contribution is 2.33. The quantitative estimate of drug-likeness (QED) is 0.773. The molecule has 2 rings (SSSR count). The molecule has 4 heteroatoms. The molecule has 0 aromatic carbocycles. The number of hydrogen-bond donors (Lipinski definition) is 1. The Morgan fingerprint density at radius 1 is 1.28 bits per heavy atom. The summed E-state index contributed by atoms with van der Waals surface area (Å²) in [5.41, 5.74) is 5.90. The number of nitrogens with two attached hydrogens (primary N) is 1. The van der Waals surface area contributed by atoms with Crippen LogP contribution in [0.15, 0.2) is 0 Å². The maximum absolute atomic E-state index is 12.0. The zero-order chi connectivity index (χ0) is 13.0. The average Bonchev–Trinajstić information content (AvgIpc) is 2.88. The topological polar surface area (TPSA) is 55.6 Å². The van der Waals surface area contributed by atoms with E-state index in [1.807, 2.05) is 6.92 Å². The smallest absolute Gasteiger partial charge is 0.323 e. The normalized spacial score (nSPS) is 33.6. The predicted molar refractivity (Wildman–Crippen MR) is 71.2 cm³/mol. The first-order valence-corrected chi connectivity index (χ1v) is 7.40. The summed E-state index contributed by atoms with van der Waals surface area (Å²) in [6.45, 7) is 4.13. The van der Waals surface area contributed by atoms with Gasteiger partial charge < -0.3 is 10.5 Å². The van der Waals surface area contributed by atoms with Crippen molar-refractivity contribution in [3.8, 4) is 0 Å². The summed E-state index contributed by atoms with van der Waals surface area (Å²) in [6, 6.07) is 0.489. The highest BCUT2D eigenvalue weighted by molar-refractivity contribution is 5.76. The molecule has 0 spiro atoms. The van der Waals surface area contributed by atoms with E-state index >= 15 is 0 Å². The van der Waals surface area contributed by atoms with Gasteiger partial charge in [-0.15, -0.1) is 0 Å². The van der Waals surface area contributed by atoms with Crippen LogP contribution in [-0.2, 0) is 9.53 Å². The predicted octanol–water partition coefficient (Wildman–Crippen LogP) is 1.53. The summed E-state index contributed by atoms with van der Waals surface area (Å²) < 4.78 is 5.20. The van der Waals surface area contributed by atoms with Crippen LogP contribution in [-0.4, -0.2) is 42.6 Å². The molecular formula is C14H26N2O2. The van der Waals surface area contributed by atoms with E-state index in [1.165, 1.54) is 25.7 Å². The molecule has 1 saturated heterocycles.